The summed E-state index contributed by atoms with van der Waals surface area (Å²) in [6.07, 6.45) is 0.975. The molecule has 22 heavy (non-hydrogen) atoms. The van der Waals surface area contributed by atoms with Gasteiger partial charge in [0.05, 0.1) is 20.3 Å². The van der Waals surface area contributed by atoms with Gasteiger partial charge in [-0.1, -0.05) is 18.2 Å². The minimum Gasteiger partial charge on any atom is -0.496 e. The molecule has 0 amide bonds. The standard InChI is InChI=1S/C18H30N2O2/c1-15(13-16-7-5-6-8-17(16)21-4)19-14-18(2,3)20-9-11-22-12-10-20/h5-8,15,19H,9-14H2,1-4H3. The maximum atomic E-state index is 5.45. The molecule has 1 aromatic carbocycles. The lowest BCUT2D eigenvalue weighted by Crippen LogP contribution is -2.55. The van der Waals surface area contributed by atoms with Crippen LogP contribution in [-0.4, -0.2) is 56.4 Å². The normalized spacial score (nSPS) is 18.2. The van der Waals surface area contributed by atoms with Crippen LogP contribution in [0.4, 0.5) is 0 Å². The van der Waals surface area contributed by atoms with Crippen LogP contribution in [0.1, 0.15) is 26.3 Å². The summed E-state index contributed by atoms with van der Waals surface area (Å²) in [4.78, 5) is 2.51. The van der Waals surface area contributed by atoms with E-state index in [1.807, 2.05) is 12.1 Å². The third-order valence-electron chi connectivity index (χ3n) is 4.47. The lowest BCUT2D eigenvalue weighted by Gasteiger charge is -2.41. The average molecular weight is 306 g/mol. The molecule has 0 bridgehead atoms. The van der Waals surface area contributed by atoms with Gasteiger partial charge in [0.15, 0.2) is 0 Å². The molecule has 124 valence electrons. The Balaban J connectivity index is 1.85. The molecule has 1 heterocycles. The lowest BCUT2D eigenvalue weighted by molar-refractivity contribution is -0.0102. The fraction of sp³-hybridized carbons (Fsp3) is 0.667. The van der Waals surface area contributed by atoms with Crippen LogP contribution < -0.4 is 10.1 Å². The van der Waals surface area contributed by atoms with E-state index in [4.69, 9.17) is 9.47 Å². The molecule has 4 nitrogen and oxygen atoms in total. The summed E-state index contributed by atoms with van der Waals surface area (Å²) in [6.45, 7) is 11.6. The second kappa shape index (κ2) is 7.95. The molecular formula is C18H30N2O2. The Hall–Kier alpha value is -1.10. The van der Waals surface area contributed by atoms with Crippen molar-refractivity contribution in [1.82, 2.24) is 10.2 Å². The van der Waals surface area contributed by atoms with Crippen molar-refractivity contribution in [2.45, 2.75) is 38.8 Å². The van der Waals surface area contributed by atoms with E-state index in [2.05, 4.69) is 43.1 Å². The summed E-state index contributed by atoms with van der Waals surface area (Å²) in [5, 5.41) is 3.68. The van der Waals surface area contributed by atoms with Crippen LogP contribution in [0.2, 0.25) is 0 Å². The monoisotopic (exact) mass is 306 g/mol. The van der Waals surface area contributed by atoms with Crippen LogP contribution in [0.25, 0.3) is 0 Å². The van der Waals surface area contributed by atoms with Gasteiger partial charge < -0.3 is 14.8 Å². The van der Waals surface area contributed by atoms with E-state index in [-0.39, 0.29) is 5.54 Å². The molecular weight excluding hydrogens is 276 g/mol. The highest BCUT2D eigenvalue weighted by atomic mass is 16.5. The molecule has 1 aromatic rings. The van der Waals surface area contributed by atoms with E-state index < -0.39 is 0 Å². The third kappa shape index (κ3) is 4.70. The number of hydrogen-bond acceptors (Lipinski definition) is 4. The molecule has 1 aliphatic heterocycles. The van der Waals surface area contributed by atoms with Crippen LogP contribution in [0.15, 0.2) is 24.3 Å². The number of rotatable bonds is 7. The van der Waals surface area contributed by atoms with Crippen molar-refractivity contribution in [2.75, 3.05) is 40.0 Å². The van der Waals surface area contributed by atoms with Gasteiger partial charge in [-0.3, -0.25) is 4.90 Å². The zero-order valence-corrected chi connectivity index (χ0v) is 14.4. The zero-order chi connectivity index (χ0) is 16.0. The maximum absolute atomic E-state index is 5.45. The highest BCUT2D eigenvalue weighted by Gasteiger charge is 2.28. The number of ether oxygens (including phenoxy) is 2. The van der Waals surface area contributed by atoms with E-state index >= 15 is 0 Å². The summed E-state index contributed by atoms with van der Waals surface area (Å²) in [5.41, 5.74) is 1.41. The van der Waals surface area contributed by atoms with E-state index in [9.17, 15) is 0 Å². The average Bonchev–Trinajstić information content (AvgIpc) is 2.54. The van der Waals surface area contributed by atoms with Crippen molar-refractivity contribution >= 4 is 0 Å². The van der Waals surface area contributed by atoms with E-state index in [1.54, 1.807) is 7.11 Å². The number of morpholine rings is 1. The molecule has 0 aromatic heterocycles. The summed E-state index contributed by atoms with van der Waals surface area (Å²) < 4.78 is 10.9. The van der Waals surface area contributed by atoms with Crippen molar-refractivity contribution in [3.05, 3.63) is 29.8 Å². The Kier molecular flexibility index (Phi) is 6.24. The van der Waals surface area contributed by atoms with Gasteiger partial charge in [-0.25, -0.2) is 0 Å². The molecule has 2 rings (SSSR count). The minimum atomic E-state index is 0.152. The topological polar surface area (TPSA) is 33.7 Å². The highest BCUT2D eigenvalue weighted by Crippen LogP contribution is 2.20. The van der Waals surface area contributed by atoms with Crippen LogP contribution in [0.3, 0.4) is 0 Å². The Bertz CT molecular complexity index is 456. The molecule has 1 saturated heterocycles. The first kappa shape index (κ1) is 17.3. The number of methoxy groups -OCH3 is 1. The van der Waals surface area contributed by atoms with Crippen molar-refractivity contribution in [1.29, 1.82) is 0 Å². The Morgan fingerprint density at radius 3 is 2.64 bits per heavy atom. The Morgan fingerprint density at radius 1 is 1.27 bits per heavy atom. The lowest BCUT2D eigenvalue weighted by atomic mass is 10.0. The number of para-hydroxylation sites is 1. The minimum absolute atomic E-state index is 0.152. The predicted molar refractivity (Wildman–Crippen MR) is 90.6 cm³/mol. The number of nitrogens with zero attached hydrogens (tertiary/aromatic N) is 1. The summed E-state index contributed by atoms with van der Waals surface area (Å²) in [7, 11) is 1.73. The van der Waals surface area contributed by atoms with Crippen molar-refractivity contribution < 1.29 is 9.47 Å². The molecule has 1 N–H and O–H groups in total. The molecule has 1 fully saturated rings. The van der Waals surface area contributed by atoms with Gasteiger partial charge in [-0.05, 0) is 38.8 Å². The SMILES string of the molecule is COc1ccccc1CC(C)NCC(C)(C)N1CCOCC1. The highest BCUT2D eigenvalue weighted by molar-refractivity contribution is 5.33. The number of hydrogen-bond donors (Lipinski definition) is 1. The molecule has 0 spiro atoms. The fourth-order valence-corrected chi connectivity index (χ4v) is 2.98. The predicted octanol–water partition coefficient (Wildman–Crippen LogP) is 2.33. The molecule has 0 aliphatic carbocycles. The second-order valence-corrected chi connectivity index (χ2v) is 6.71. The maximum Gasteiger partial charge on any atom is 0.122 e. The number of benzene rings is 1. The molecule has 1 aliphatic rings. The fourth-order valence-electron chi connectivity index (χ4n) is 2.98. The van der Waals surface area contributed by atoms with Crippen LogP contribution in [-0.2, 0) is 11.2 Å². The first-order chi connectivity index (χ1) is 10.5. The van der Waals surface area contributed by atoms with Gasteiger partial charge in [0.2, 0.25) is 0 Å². The third-order valence-corrected chi connectivity index (χ3v) is 4.47. The molecule has 1 atom stereocenters. The van der Waals surface area contributed by atoms with Crippen LogP contribution in [0, 0.1) is 0 Å². The molecule has 0 radical (unpaired) electrons. The van der Waals surface area contributed by atoms with Gasteiger partial charge in [-0.15, -0.1) is 0 Å². The van der Waals surface area contributed by atoms with Crippen molar-refractivity contribution in [2.24, 2.45) is 0 Å². The summed E-state index contributed by atoms with van der Waals surface area (Å²) in [5.74, 6) is 0.976. The molecule has 1 unspecified atom stereocenters. The number of nitrogens with one attached hydrogen (secondary N) is 1. The van der Waals surface area contributed by atoms with Gasteiger partial charge in [0, 0.05) is 31.2 Å². The van der Waals surface area contributed by atoms with Crippen molar-refractivity contribution in [3.8, 4) is 5.75 Å². The van der Waals surface area contributed by atoms with Crippen molar-refractivity contribution in [3.63, 3.8) is 0 Å². The van der Waals surface area contributed by atoms with E-state index in [0.717, 1.165) is 45.0 Å². The summed E-state index contributed by atoms with van der Waals surface area (Å²) in [6, 6.07) is 8.67. The van der Waals surface area contributed by atoms with E-state index in [1.165, 1.54) is 5.56 Å². The van der Waals surface area contributed by atoms with Crippen LogP contribution in [0.5, 0.6) is 5.75 Å². The first-order valence-electron chi connectivity index (χ1n) is 8.21. The van der Waals surface area contributed by atoms with Gasteiger partial charge in [0.25, 0.3) is 0 Å². The van der Waals surface area contributed by atoms with Crippen LogP contribution >= 0.6 is 0 Å². The quantitative estimate of drug-likeness (QED) is 0.838. The van der Waals surface area contributed by atoms with Gasteiger partial charge in [-0.2, -0.15) is 0 Å². The summed E-state index contributed by atoms with van der Waals surface area (Å²) >= 11 is 0. The molecule has 0 saturated carbocycles. The zero-order valence-electron chi connectivity index (χ0n) is 14.4. The van der Waals surface area contributed by atoms with Gasteiger partial charge >= 0.3 is 0 Å². The Labute approximate surface area is 134 Å². The van der Waals surface area contributed by atoms with E-state index in [0.29, 0.717) is 6.04 Å². The Morgan fingerprint density at radius 2 is 1.95 bits per heavy atom. The first-order valence-corrected chi connectivity index (χ1v) is 8.21. The van der Waals surface area contributed by atoms with Gasteiger partial charge in [0.1, 0.15) is 5.75 Å². The molecule has 4 heteroatoms. The largest absolute Gasteiger partial charge is 0.496 e. The second-order valence-electron chi connectivity index (χ2n) is 6.71. The smallest absolute Gasteiger partial charge is 0.122 e.